The molecule has 0 bridgehead atoms. The second kappa shape index (κ2) is 5.68. The maximum atomic E-state index is 9.53. The number of benzene rings is 1. The zero-order valence-electron chi connectivity index (χ0n) is 7.84. The molecule has 0 aliphatic rings. The van der Waals surface area contributed by atoms with Crippen molar-refractivity contribution in [3.63, 3.8) is 0 Å². The van der Waals surface area contributed by atoms with Gasteiger partial charge in [0.1, 0.15) is 0 Å². The second-order valence-electron chi connectivity index (χ2n) is 3.09. The Kier molecular flexibility index (Phi) is 5.68. The van der Waals surface area contributed by atoms with Crippen LogP contribution in [0.15, 0.2) is 18.2 Å². The molecule has 0 saturated carbocycles. The van der Waals surface area contributed by atoms with Gasteiger partial charge in [-0.2, -0.15) is 13.5 Å². The summed E-state index contributed by atoms with van der Waals surface area (Å²) in [6.45, 7) is 4.08. The number of aliphatic hydroxyl groups excluding tert-OH is 1. The molecular formula is C10H15BrOS. The van der Waals surface area contributed by atoms with Gasteiger partial charge >= 0.3 is 0 Å². The first-order valence-corrected chi connectivity index (χ1v) is 5.08. The lowest BCUT2D eigenvalue weighted by atomic mass is 10.0. The fourth-order valence-electron chi connectivity index (χ4n) is 1.29. The predicted molar refractivity (Wildman–Crippen MR) is 65.1 cm³/mol. The van der Waals surface area contributed by atoms with Crippen LogP contribution < -0.4 is 0 Å². The Morgan fingerprint density at radius 3 is 2.08 bits per heavy atom. The van der Waals surface area contributed by atoms with Gasteiger partial charge in [-0.25, -0.2) is 0 Å². The SMILES string of the molecule is Cc1cc(C)cc([C@H](O)CBr)c1.S. The fourth-order valence-corrected chi connectivity index (χ4v) is 1.67. The molecule has 0 radical (unpaired) electrons. The zero-order valence-corrected chi connectivity index (χ0v) is 10.4. The van der Waals surface area contributed by atoms with Crippen LogP contribution in [-0.4, -0.2) is 10.4 Å². The smallest absolute Gasteiger partial charge is 0.0886 e. The topological polar surface area (TPSA) is 20.2 Å². The molecule has 1 N–H and O–H groups in total. The average molecular weight is 263 g/mol. The molecule has 0 aliphatic heterocycles. The monoisotopic (exact) mass is 262 g/mol. The maximum Gasteiger partial charge on any atom is 0.0886 e. The lowest BCUT2D eigenvalue weighted by molar-refractivity contribution is 0.205. The highest BCUT2D eigenvalue weighted by Crippen LogP contribution is 2.18. The molecule has 1 nitrogen and oxygen atoms in total. The summed E-state index contributed by atoms with van der Waals surface area (Å²) < 4.78 is 0. The minimum absolute atomic E-state index is 0. The molecule has 13 heavy (non-hydrogen) atoms. The van der Waals surface area contributed by atoms with Gasteiger partial charge in [0.2, 0.25) is 0 Å². The number of halogens is 1. The largest absolute Gasteiger partial charge is 0.388 e. The molecule has 0 spiro atoms. The summed E-state index contributed by atoms with van der Waals surface area (Å²) in [5.41, 5.74) is 3.39. The van der Waals surface area contributed by atoms with E-state index in [0.29, 0.717) is 5.33 Å². The first-order valence-electron chi connectivity index (χ1n) is 3.95. The van der Waals surface area contributed by atoms with E-state index in [-0.39, 0.29) is 19.6 Å². The van der Waals surface area contributed by atoms with Crippen molar-refractivity contribution in [2.75, 3.05) is 5.33 Å². The first kappa shape index (κ1) is 13.0. The second-order valence-corrected chi connectivity index (χ2v) is 3.74. The molecule has 1 atom stereocenters. The van der Waals surface area contributed by atoms with E-state index in [2.05, 4.69) is 22.0 Å². The number of hydrogen-bond donors (Lipinski definition) is 1. The summed E-state index contributed by atoms with van der Waals surface area (Å²) in [6.07, 6.45) is -0.386. The molecule has 0 aromatic heterocycles. The maximum absolute atomic E-state index is 9.53. The minimum atomic E-state index is -0.386. The molecule has 0 saturated heterocycles. The zero-order chi connectivity index (χ0) is 9.14. The van der Waals surface area contributed by atoms with Crippen molar-refractivity contribution in [3.05, 3.63) is 34.9 Å². The quantitative estimate of drug-likeness (QED) is 0.813. The third kappa shape index (κ3) is 3.71. The molecule has 1 aromatic rings. The third-order valence-corrected chi connectivity index (χ3v) is 2.39. The molecule has 1 aromatic carbocycles. The van der Waals surface area contributed by atoms with Crippen LogP contribution in [0.1, 0.15) is 22.8 Å². The molecule has 0 amide bonds. The Morgan fingerprint density at radius 2 is 1.69 bits per heavy atom. The molecule has 0 heterocycles. The van der Waals surface area contributed by atoms with E-state index >= 15 is 0 Å². The molecule has 3 heteroatoms. The van der Waals surface area contributed by atoms with Crippen molar-refractivity contribution >= 4 is 29.4 Å². The molecule has 0 fully saturated rings. The predicted octanol–water partition coefficient (Wildman–Crippen LogP) is 2.84. The number of alkyl halides is 1. The normalized spacial score (nSPS) is 12.0. The van der Waals surface area contributed by atoms with Gasteiger partial charge in [-0.1, -0.05) is 45.3 Å². The number of rotatable bonds is 2. The first-order chi connectivity index (χ1) is 5.63. The van der Waals surface area contributed by atoms with Crippen molar-refractivity contribution in [2.24, 2.45) is 0 Å². The summed E-state index contributed by atoms with van der Waals surface area (Å²) in [7, 11) is 0. The van der Waals surface area contributed by atoms with Crippen LogP contribution in [0.4, 0.5) is 0 Å². The van der Waals surface area contributed by atoms with Gasteiger partial charge in [-0.3, -0.25) is 0 Å². The van der Waals surface area contributed by atoms with Gasteiger partial charge in [0.05, 0.1) is 6.10 Å². The van der Waals surface area contributed by atoms with E-state index in [9.17, 15) is 5.11 Å². The fraction of sp³-hybridized carbons (Fsp3) is 0.400. The molecule has 0 unspecified atom stereocenters. The van der Waals surface area contributed by atoms with Gasteiger partial charge in [-0.05, 0) is 19.4 Å². The standard InChI is InChI=1S/C10H13BrO.H2S/c1-7-3-8(2)5-9(4-7)10(12)6-11;/h3-5,10,12H,6H2,1-2H3;1H2/t10-;/m1./s1. The lowest BCUT2D eigenvalue weighted by Gasteiger charge is -2.09. The molecule has 0 aliphatic carbocycles. The van der Waals surface area contributed by atoms with Crippen LogP contribution in [0.25, 0.3) is 0 Å². The van der Waals surface area contributed by atoms with E-state index < -0.39 is 0 Å². The minimum Gasteiger partial charge on any atom is -0.388 e. The summed E-state index contributed by atoms with van der Waals surface area (Å²) in [4.78, 5) is 0. The highest BCUT2D eigenvalue weighted by atomic mass is 79.9. The third-order valence-electron chi connectivity index (χ3n) is 1.77. The Balaban J connectivity index is 0.00000144. The van der Waals surface area contributed by atoms with E-state index in [0.717, 1.165) is 5.56 Å². The summed E-state index contributed by atoms with van der Waals surface area (Å²) in [5, 5.41) is 10.1. The Morgan fingerprint density at radius 1 is 1.23 bits per heavy atom. The molecule has 1 rings (SSSR count). The summed E-state index contributed by atoms with van der Waals surface area (Å²) in [6, 6.07) is 6.13. The number of aryl methyl sites for hydroxylation is 2. The molecular weight excluding hydrogens is 248 g/mol. The van der Waals surface area contributed by atoms with Crippen molar-refractivity contribution in [2.45, 2.75) is 20.0 Å². The van der Waals surface area contributed by atoms with Crippen molar-refractivity contribution in [3.8, 4) is 0 Å². The Hall–Kier alpha value is 0.01000. The van der Waals surface area contributed by atoms with Gasteiger partial charge in [0.15, 0.2) is 0 Å². The van der Waals surface area contributed by atoms with E-state index in [4.69, 9.17) is 0 Å². The number of aliphatic hydroxyl groups is 1. The average Bonchev–Trinajstić information content (AvgIpc) is 2.01. The molecule has 74 valence electrons. The van der Waals surface area contributed by atoms with Crippen molar-refractivity contribution in [1.29, 1.82) is 0 Å². The highest BCUT2D eigenvalue weighted by molar-refractivity contribution is 9.09. The van der Waals surface area contributed by atoms with Gasteiger partial charge in [0, 0.05) is 5.33 Å². The van der Waals surface area contributed by atoms with Crippen LogP contribution >= 0.6 is 29.4 Å². The van der Waals surface area contributed by atoms with Crippen LogP contribution in [0, 0.1) is 13.8 Å². The van der Waals surface area contributed by atoms with Gasteiger partial charge < -0.3 is 5.11 Å². The Labute approximate surface area is 94.7 Å². The lowest BCUT2D eigenvalue weighted by Crippen LogP contribution is -1.98. The van der Waals surface area contributed by atoms with E-state index in [1.807, 2.05) is 26.0 Å². The highest BCUT2D eigenvalue weighted by Gasteiger charge is 2.05. The summed E-state index contributed by atoms with van der Waals surface area (Å²) >= 11 is 3.25. The van der Waals surface area contributed by atoms with Crippen LogP contribution in [0.2, 0.25) is 0 Å². The van der Waals surface area contributed by atoms with E-state index in [1.54, 1.807) is 0 Å². The van der Waals surface area contributed by atoms with Gasteiger partial charge in [-0.15, -0.1) is 0 Å². The van der Waals surface area contributed by atoms with Gasteiger partial charge in [0.25, 0.3) is 0 Å². The van der Waals surface area contributed by atoms with Crippen LogP contribution in [-0.2, 0) is 0 Å². The van der Waals surface area contributed by atoms with Crippen LogP contribution in [0.3, 0.4) is 0 Å². The Bertz CT molecular complexity index is 255. The van der Waals surface area contributed by atoms with E-state index in [1.165, 1.54) is 11.1 Å². The number of hydrogen-bond acceptors (Lipinski definition) is 1. The van der Waals surface area contributed by atoms with Crippen LogP contribution in [0.5, 0.6) is 0 Å². The van der Waals surface area contributed by atoms with Crippen molar-refractivity contribution < 1.29 is 5.11 Å². The van der Waals surface area contributed by atoms with Crippen molar-refractivity contribution in [1.82, 2.24) is 0 Å². The summed E-state index contributed by atoms with van der Waals surface area (Å²) in [5.74, 6) is 0.